The first-order valence-corrected chi connectivity index (χ1v) is 9.26. The molecular weight excluding hydrogens is 330 g/mol. The highest BCUT2D eigenvalue weighted by atomic mass is 16.5. The molecule has 1 fully saturated rings. The Hall–Kier alpha value is -2.56. The van der Waals surface area contributed by atoms with E-state index >= 15 is 0 Å². The summed E-state index contributed by atoms with van der Waals surface area (Å²) < 4.78 is 11.1. The van der Waals surface area contributed by atoms with Crippen molar-refractivity contribution in [1.82, 2.24) is 5.32 Å². The first-order chi connectivity index (χ1) is 12.7. The van der Waals surface area contributed by atoms with E-state index in [2.05, 4.69) is 5.32 Å². The Labute approximate surface area is 153 Å². The molecule has 2 atom stereocenters. The van der Waals surface area contributed by atoms with Gasteiger partial charge in [-0.3, -0.25) is 9.59 Å². The van der Waals surface area contributed by atoms with Crippen LogP contribution in [0.3, 0.4) is 0 Å². The number of hydrogen-bond donors (Lipinski definition) is 1. The summed E-state index contributed by atoms with van der Waals surface area (Å²) >= 11 is 0. The Morgan fingerprint density at radius 1 is 1.08 bits per heavy atom. The van der Waals surface area contributed by atoms with Crippen LogP contribution < -0.4 is 10.1 Å². The zero-order valence-electron chi connectivity index (χ0n) is 15.1. The number of benzene rings is 2. The smallest absolute Gasteiger partial charge is 0.305 e. The first-order valence-electron chi connectivity index (χ1n) is 9.26. The van der Waals surface area contributed by atoms with Crippen LogP contribution in [0.1, 0.15) is 39.0 Å². The molecule has 1 amide bonds. The summed E-state index contributed by atoms with van der Waals surface area (Å²) in [4.78, 5) is 23.8. The molecule has 26 heavy (non-hydrogen) atoms. The third-order valence-corrected chi connectivity index (χ3v) is 4.71. The Kier molecular flexibility index (Phi) is 6.10. The van der Waals surface area contributed by atoms with Gasteiger partial charge in [-0.25, -0.2) is 0 Å². The zero-order chi connectivity index (χ0) is 18.4. The number of nitrogens with one attached hydrogen (secondary N) is 1. The minimum absolute atomic E-state index is 0.0523. The van der Waals surface area contributed by atoms with Crippen molar-refractivity contribution >= 4 is 22.6 Å². The zero-order valence-corrected chi connectivity index (χ0v) is 15.1. The molecule has 5 heteroatoms. The van der Waals surface area contributed by atoms with Crippen LogP contribution in [0.5, 0.6) is 5.75 Å². The Balaban J connectivity index is 1.54. The van der Waals surface area contributed by atoms with E-state index < -0.39 is 0 Å². The Bertz CT molecular complexity index is 773. The van der Waals surface area contributed by atoms with Gasteiger partial charge in [0.1, 0.15) is 11.9 Å². The first kappa shape index (κ1) is 18.2. The molecule has 0 aliphatic heterocycles. The number of ether oxygens (including phenoxy) is 2. The lowest BCUT2D eigenvalue weighted by Gasteiger charge is -2.31. The van der Waals surface area contributed by atoms with Crippen LogP contribution in [-0.4, -0.2) is 30.6 Å². The Morgan fingerprint density at radius 2 is 1.85 bits per heavy atom. The lowest BCUT2D eigenvalue weighted by Crippen LogP contribution is -2.48. The van der Waals surface area contributed by atoms with Crippen molar-refractivity contribution in [2.24, 2.45) is 0 Å². The van der Waals surface area contributed by atoms with Crippen LogP contribution in [0, 0.1) is 0 Å². The lowest BCUT2D eigenvalue weighted by molar-refractivity contribution is -0.152. The van der Waals surface area contributed by atoms with Gasteiger partial charge in [-0.2, -0.15) is 0 Å². The van der Waals surface area contributed by atoms with Crippen LogP contribution in [-0.2, 0) is 14.3 Å². The number of hydrogen-bond acceptors (Lipinski definition) is 4. The molecule has 3 rings (SSSR count). The van der Waals surface area contributed by atoms with Gasteiger partial charge in [-0.1, -0.05) is 43.7 Å². The summed E-state index contributed by atoms with van der Waals surface area (Å²) in [6, 6.07) is 13.6. The number of esters is 1. The second kappa shape index (κ2) is 8.70. The van der Waals surface area contributed by atoms with E-state index in [0.29, 0.717) is 12.2 Å². The molecule has 0 aromatic heterocycles. The van der Waals surface area contributed by atoms with Crippen LogP contribution in [0.15, 0.2) is 42.5 Å². The van der Waals surface area contributed by atoms with E-state index in [1.54, 1.807) is 6.92 Å². The van der Waals surface area contributed by atoms with Crippen molar-refractivity contribution in [3.8, 4) is 5.75 Å². The Morgan fingerprint density at radius 3 is 2.65 bits per heavy atom. The van der Waals surface area contributed by atoms with Gasteiger partial charge in [0, 0.05) is 6.42 Å². The van der Waals surface area contributed by atoms with Crippen LogP contribution >= 0.6 is 0 Å². The number of carbonyl (C=O) groups is 2. The van der Waals surface area contributed by atoms with Crippen molar-refractivity contribution in [2.75, 3.05) is 6.61 Å². The molecule has 0 bridgehead atoms. The van der Waals surface area contributed by atoms with E-state index in [-0.39, 0.29) is 30.6 Å². The van der Waals surface area contributed by atoms with Crippen LogP contribution in [0.25, 0.3) is 10.8 Å². The van der Waals surface area contributed by atoms with Gasteiger partial charge >= 0.3 is 5.97 Å². The number of amides is 1. The fraction of sp³-hybridized carbons (Fsp3) is 0.429. The van der Waals surface area contributed by atoms with Gasteiger partial charge in [0.25, 0.3) is 5.91 Å². The van der Waals surface area contributed by atoms with E-state index in [1.807, 2.05) is 42.5 Å². The van der Waals surface area contributed by atoms with Crippen molar-refractivity contribution in [3.63, 3.8) is 0 Å². The van der Waals surface area contributed by atoms with E-state index in [4.69, 9.17) is 9.47 Å². The predicted molar refractivity (Wildman–Crippen MR) is 100 cm³/mol. The highest BCUT2D eigenvalue weighted by Crippen LogP contribution is 2.22. The average molecular weight is 355 g/mol. The van der Waals surface area contributed by atoms with Crippen molar-refractivity contribution < 1.29 is 19.1 Å². The molecule has 0 spiro atoms. The van der Waals surface area contributed by atoms with Crippen molar-refractivity contribution in [2.45, 2.75) is 51.2 Å². The van der Waals surface area contributed by atoms with Crippen LogP contribution in [0.2, 0.25) is 0 Å². The molecule has 0 saturated heterocycles. The lowest BCUT2D eigenvalue weighted by atomic mass is 9.92. The summed E-state index contributed by atoms with van der Waals surface area (Å²) in [6.45, 7) is 1.72. The predicted octanol–water partition coefficient (Wildman–Crippen LogP) is 3.60. The molecule has 0 heterocycles. The van der Waals surface area contributed by atoms with Crippen molar-refractivity contribution in [3.05, 3.63) is 42.5 Å². The molecule has 5 nitrogen and oxygen atoms in total. The molecular formula is C21H25NO4. The normalized spacial score (nSPS) is 19.7. The molecule has 2 unspecified atom stereocenters. The summed E-state index contributed by atoms with van der Waals surface area (Å²) in [7, 11) is 0. The highest BCUT2D eigenvalue weighted by molar-refractivity contribution is 5.84. The minimum atomic E-state index is -0.235. The number of fused-ring (bicyclic) bond motifs is 1. The maximum absolute atomic E-state index is 12.3. The maximum atomic E-state index is 12.3. The number of carbonyl (C=O) groups excluding carboxylic acids is 2. The van der Waals surface area contributed by atoms with Gasteiger partial charge in [-0.15, -0.1) is 0 Å². The SMILES string of the molecule is CCC(=O)OC1CCCCC1NC(=O)COc1ccc2ccccc2c1. The third-order valence-electron chi connectivity index (χ3n) is 4.71. The summed E-state index contributed by atoms with van der Waals surface area (Å²) in [5.74, 6) is 0.252. The molecule has 1 saturated carbocycles. The topological polar surface area (TPSA) is 64.6 Å². The minimum Gasteiger partial charge on any atom is -0.484 e. The molecule has 1 aliphatic rings. The largest absolute Gasteiger partial charge is 0.484 e. The summed E-state index contributed by atoms with van der Waals surface area (Å²) in [6.07, 6.45) is 3.77. The van der Waals surface area contributed by atoms with E-state index in [1.165, 1.54) is 0 Å². The molecule has 1 aliphatic carbocycles. The monoisotopic (exact) mass is 355 g/mol. The highest BCUT2D eigenvalue weighted by Gasteiger charge is 2.29. The quantitative estimate of drug-likeness (QED) is 0.804. The third kappa shape index (κ3) is 4.75. The van der Waals surface area contributed by atoms with Crippen LogP contribution in [0.4, 0.5) is 0 Å². The van der Waals surface area contributed by atoms with Gasteiger partial charge in [-0.05, 0) is 42.2 Å². The number of rotatable bonds is 6. The molecule has 2 aromatic carbocycles. The van der Waals surface area contributed by atoms with Gasteiger partial charge in [0.05, 0.1) is 6.04 Å². The fourth-order valence-electron chi connectivity index (χ4n) is 3.31. The second-order valence-electron chi connectivity index (χ2n) is 6.64. The van der Waals surface area contributed by atoms with Gasteiger partial charge in [0.2, 0.25) is 0 Å². The molecule has 2 aromatic rings. The van der Waals surface area contributed by atoms with Gasteiger partial charge in [0.15, 0.2) is 6.61 Å². The summed E-state index contributed by atoms with van der Waals surface area (Å²) in [5, 5.41) is 5.17. The molecule has 0 radical (unpaired) electrons. The maximum Gasteiger partial charge on any atom is 0.305 e. The summed E-state index contributed by atoms with van der Waals surface area (Å²) in [5.41, 5.74) is 0. The van der Waals surface area contributed by atoms with E-state index in [9.17, 15) is 9.59 Å². The van der Waals surface area contributed by atoms with Gasteiger partial charge < -0.3 is 14.8 Å². The second-order valence-corrected chi connectivity index (χ2v) is 6.64. The van der Waals surface area contributed by atoms with E-state index in [0.717, 1.165) is 36.5 Å². The molecule has 138 valence electrons. The molecule has 1 N–H and O–H groups in total. The standard InChI is InChI=1S/C21H25NO4/c1-2-21(24)26-19-10-6-5-9-18(19)22-20(23)14-25-17-12-11-15-7-3-4-8-16(15)13-17/h3-4,7-8,11-13,18-19H,2,5-6,9-10,14H2,1H3,(H,22,23). The fourth-order valence-corrected chi connectivity index (χ4v) is 3.31. The average Bonchev–Trinajstić information content (AvgIpc) is 2.67. The van der Waals surface area contributed by atoms with Crippen molar-refractivity contribution in [1.29, 1.82) is 0 Å².